The molecule has 0 saturated carbocycles. The van der Waals surface area contributed by atoms with Crippen molar-refractivity contribution in [2.75, 3.05) is 6.61 Å². The molecule has 1 aliphatic rings. The Morgan fingerprint density at radius 3 is 3.00 bits per heavy atom. The predicted octanol–water partition coefficient (Wildman–Crippen LogP) is 2.21. The van der Waals surface area contributed by atoms with Crippen molar-refractivity contribution in [2.45, 2.75) is 38.8 Å². The lowest BCUT2D eigenvalue weighted by atomic mass is 9.96. The molecule has 0 saturated heterocycles. The Labute approximate surface area is 118 Å². The van der Waals surface area contributed by atoms with Crippen LogP contribution in [0.2, 0.25) is 0 Å². The van der Waals surface area contributed by atoms with Crippen LogP contribution in [0, 0.1) is 0 Å². The maximum atomic E-state index is 12.2. The molecule has 106 valence electrons. The first-order chi connectivity index (χ1) is 9.74. The predicted molar refractivity (Wildman–Crippen MR) is 78.3 cm³/mol. The number of amides is 1. The second-order valence-corrected chi connectivity index (χ2v) is 5.44. The van der Waals surface area contributed by atoms with Gasteiger partial charge >= 0.3 is 0 Å². The molecule has 2 heterocycles. The molecule has 2 aromatic rings. The van der Waals surface area contributed by atoms with Gasteiger partial charge in [-0.3, -0.25) is 4.79 Å². The first-order valence-electron chi connectivity index (χ1n) is 7.23. The van der Waals surface area contributed by atoms with E-state index in [1.807, 2.05) is 24.0 Å². The molecule has 0 fully saturated rings. The minimum absolute atomic E-state index is 0.0222. The highest BCUT2D eigenvalue weighted by atomic mass is 16.3. The molecule has 1 atom stereocenters. The zero-order chi connectivity index (χ0) is 14.1. The van der Waals surface area contributed by atoms with Crippen molar-refractivity contribution in [3.8, 4) is 0 Å². The second kappa shape index (κ2) is 5.29. The van der Waals surface area contributed by atoms with Crippen LogP contribution in [-0.2, 0) is 17.8 Å². The third-order valence-corrected chi connectivity index (χ3v) is 4.11. The Kier molecular flexibility index (Phi) is 3.49. The third kappa shape index (κ3) is 2.10. The number of nitrogens with one attached hydrogen (secondary N) is 1. The summed E-state index contributed by atoms with van der Waals surface area (Å²) in [5.41, 5.74) is 3.47. The standard InChI is InChI=1S/C16H20N2O2/c1-2-5-16(20)18-9-15-13(8-11(18)10-19)12-6-3-4-7-14(12)17-15/h3-4,6-7,11,17,19H,2,5,8-10H2,1H3. The molecule has 4 heteroatoms. The van der Waals surface area contributed by atoms with E-state index < -0.39 is 0 Å². The lowest BCUT2D eigenvalue weighted by Crippen LogP contribution is -2.46. The van der Waals surface area contributed by atoms with Crippen LogP contribution in [0.15, 0.2) is 24.3 Å². The summed E-state index contributed by atoms with van der Waals surface area (Å²) in [4.78, 5) is 17.4. The molecule has 4 nitrogen and oxygen atoms in total. The maximum absolute atomic E-state index is 12.2. The molecule has 0 aliphatic carbocycles. The number of aromatic nitrogens is 1. The van der Waals surface area contributed by atoms with Gasteiger partial charge in [0.1, 0.15) is 0 Å². The Hall–Kier alpha value is -1.81. The van der Waals surface area contributed by atoms with E-state index >= 15 is 0 Å². The molecular weight excluding hydrogens is 252 g/mol. The molecular formula is C16H20N2O2. The van der Waals surface area contributed by atoms with Gasteiger partial charge in [-0.05, 0) is 24.5 Å². The van der Waals surface area contributed by atoms with Crippen LogP contribution in [0.4, 0.5) is 0 Å². The average molecular weight is 272 g/mol. The number of fused-ring (bicyclic) bond motifs is 3. The largest absolute Gasteiger partial charge is 0.394 e. The Morgan fingerprint density at radius 1 is 1.45 bits per heavy atom. The molecule has 0 spiro atoms. The van der Waals surface area contributed by atoms with Gasteiger partial charge in [0.15, 0.2) is 0 Å². The van der Waals surface area contributed by atoms with Crippen molar-refractivity contribution in [1.29, 1.82) is 0 Å². The number of hydrogen-bond acceptors (Lipinski definition) is 2. The summed E-state index contributed by atoms with van der Waals surface area (Å²) in [5.74, 6) is 0.135. The number of carbonyl (C=O) groups is 1. The second-order valence-electron chi connectivity index (χ2n) is 5.44. The number of aliphatic hydroxyl groups is 1. The maximum Gasteiger partial charge on any atom is 0.223 e. The Balaban J connectivity index is 1.98. The Bertz CT molecular complexity index is 632. The molecule has 0 bridgehead atoms. The molecule has 1 aromatic carbocycles. The molecule has 0 radical (unpaired) electrons. The fourth-order valence-corrected chi connectivity index (χ4v) is 3.08. The number of carbonyl (C=O) groups excluding carboxylic acids is 1. The SMILES string of the molecule is CCCC(=O)N1Cc2[nH]c3ccccc3c2CC1CO. The van der Waals surface area contributed by atoms with E-state index in [1.54, 1.807) is 0 Å². The Morgan fingerprint density at radius 2 is 2.25 bits per heavy atom. The zero-order valence-electron chi connectivity index (χ0n) is 11.7. The minimum Gasteiger partial charge on any atom is -0.394 e. The summed E-state index contributed by atoms with van der Waals surface area (Å²) in [6.07, 6.45) is 2.12. The smallest absolute Gasteiger partial charge is 0.223 e. The number of para-hydroxylation sites is 1. The van der Waals surface area contributed by atoms with Crippen LogP contribution in [0.25, 0.3) is 10.9 Å². The van der Waals surface area contributed by atoms with Crippen molar-refractivity contribution in [3.63, 3.8) is 0 Å². The molecule has 3 rings (SSSR count). The van der Waals surface area contributed by atoms with Crippen molar-refractivity contribution in [2.24, 2.45) is 0 Å². The van der Waals surface area contributed by atoms with Gasteiger partial charge < -0.3 is 15.0 Å². The molecule has 20 heavy (non-hydrogen) atoms. The molecule has 1 aliphatic heterocycles. The van der Waals surface area contributed by atoms with Gasteiger partial charge in [0.2, 0.25) is 5.91 Å². The number of hydrogen-bond donors (Lipinski definition) is 2. The zero-order valence-corrected chi connectivity index (χ0v) is 11.7. The highest BCUT2D eigenvalue weighted by Gasteiger charge is 2.30. The normalized spacial score (nSPS) is 18.3. The topological polar surface area (TPSA) is 56.3 Å². The van der Waals surface area contributed by atoms with Gasteiger partial charge in [0.25, 0.3) is 0 Å². The molecule has 1 aromatic heterocycles. The summed E-state index contributed by atoms with van der Waals surface area (Å²) in [7, 11) is 0. The summed E-state index contributed by atoms with van der Waals surface area (Å²) < 4.78 is 0. The average Bonchev–Trinajstić information content (AvgIpc) is 2.83. The number of H-pyrrole nitrogens is 1. The van der Waals surface area contributed by atoms with Gasteiger partial charge in [-0.15, -0.1) is 0 Å². The van der Waals surface area contributed by atoms with E-state index in [-0.39, 0.29) is 18.6 Å². The molecule has 1 amide bonds. The first kappa shape index (κ1) is 13.2. The van der Waals surface area contributed by atoms with E-state index in [9.17, 15) is 9.90 Å². The minimum atomic E-state index is -0.0965. The van der Waals surface area contributed by atoms with E-state index in [4.69, 9.17) is 0 Å². The van der Waals surface area contributed by atoms with E-state index in [2.05, 4.69) is 17.1 Å². The van der Waals surface area contributed by atoms with Crippen LogP contribution in [0.1, 0.15) is 31.0 Å². The summed E-state index contributed by atoms with van der Waals surface area (Å²) in [6, 6.07) is 8.09. The van der Waals surface area contributed by atoms with Crippen LogP contribution >= 0.6 is 0 Å². The number of nitrogens with zero attached hydrogens (tertiary/aromatic N) is 1. The van der Waals surface area contributed by atoms with Gasteiger partial charge in [0, 0.05) is 23.0 Å². The molecule has 2 N–H and O–H groups in total. The quantitative estimate of drug-likeness (QED) is 0.900. The van der Waals surface area contributed by atoms with Gasteiger partial charge in [-0.2, -0.15) is 0 Å². The van der Waals surface area contributed by atoms with Gasteiger partial charge in [0.05, 0.1) is 19.2 Å². The summed E-state index contributed by atoms with van der Waals surface area (Å²) in [6.45, 7) is 2.60. The fourth-order valence-electron chi connectivity index (χ4n) is 3.08. The highest BCUT2D eigenvalue weighted by molar-refractivity contribution is 5.86. The van der Waals surface area contributed by atoms with Crippen molar-refractivity contribution < 1.29 is 9.90 Å². The van der Waals surface area contributed by atoms with E-state index in [0.29, 0.717) is 13.0 Å². The third-order valence-electron chi connectivity index (χ3n) is 4.11. The van der Waals surface area contributed by atoms with E-state index in [0.717, 1.165) is 24.1 Å². The first-order valence-corrected chi connectivity index (χ1v) is 7.23. The number of aliphatic hydroxyl groups excluding tert-OH is 1. The number of rotatable bonds is 3. The van der Waals surface area contributed by atoms with Crippen molar-refractivity contribution >= 4 is 16.8 Å². The lowest BCUT2D eigenvalue weighted by Gasteiger charge is -2.34. The number of aromatic amines is 1. The fraction of sp³-hybridized carbons (Fsp3) is 0.438. The van der Waals surface area contributed by atoms with Crippen LogP contribution in [0.5, 0.6) is 0 Å². The summed E-state index contributed by atoms with van der Waals surface area (Å²) in [5, 5.41) is 10.8. The number of benzene rings is 1. The lowest BCUT2D eigenvalue weighted by molar-refractivity contribution is -0.135. The van der Waals surface area contributed by atoms with E-state index in [1.165, 1.54) is 10.9 Å². The monoisotopic (exact) mass is 272 g/mol. The van der Waals surface area contributed by atoms with Crippen LogP contribution < -0.4 is 0 Å². The van der Waals surface area contributed by atoms with Crippen molar-refractivity contribution in [3.05, 3.63) is 35.5 Å². The molecule has 1 unspecified atom stereocenters. The van der Waals surface area contributed by atoms with Crippen LogP contribution in [-0.4, -0.2) is 33.5 Å². The van der Waals surface area contributed by atoms with Crippen molar-refractivity contribution in [1.82, 2.24) is 9.88 Å². The van der Waals surface area contributed by atoms with Gasteiger partial charge in [-0.1, -0.05) is 25.1 Å². The highest BCUT2D eigenvalue weighted by Crippen LogP contribution is 2.30. The van der Waals surface area contributed by atoms with Gasteiger partial charge in [-0.25, -0.2) is 0 Å². The summed E-state index contributed by atoms with van der Waals surface area (Å²) >= 11 is 0. The van der Waals surface area contributed by atoms with Crippen LogP contribution in [0.3, 0.4) is 0 Å².